The van der Waals surface area contributed by atoms with Crippen LogP contribution < -0.4 is 9.47 Å². The van der Waals surface area contributed by atoms with Gasteiger partial charge in [0.05, 0.1) is 14.2 Å². The fraction of sp³-hybridized carbons (Fsp3) is 0.455. The van der Waals surface area contributed by atoms with Crippen LogP contribution in [0.25, 0.3) is 11.1 Å². The van der Waals surface area contributed by atoms with Crippen LogP contribution in [0.15, 0.2) is 45.3 Å². The predicted octanol–water partition coefficient (Wildman–Crippen LogP) is 9.00. The highest BCUT2D eigenvalue weighted by Crippen LogP contribution is 2.37. The van der Waals surface area contributed by atoms with Crippen molar-refractivity contribution in [2.45, 2.75) is 55.4 Å². The van der Waals surface area contributed by atoms with Gasteiger partial charge in [-0.25, -0.2) is 0 Å². The molecule has 26 heavy (non-hydrogen) atoms. The Morgan fingerprint density at radius 1 is 0.538 bits per heavy atom. The van der Waals surface area contributed by atoms with Crippen molar-refractivity contribution in [2.24, 2.45) is 0 Å². The van der Waals surface area contributed by atoms with Gasteiger partial charge in [-0.05, 0) is 36.4 Å². The van der Waals surface area contributed by atoms with Crippen LogP contribution in [0.1, 0.15) is 55.4 Å². The summed E-state index contributed by atoms with van der Waals surface area (Å²) < 4.78 is 12.5. The summed E-state index contributed by atoms with van der Waals surface area (Å²) in [5, 5.41) is 0. The Kier molecular flexibility index (Phi) is 23.2. The highest BCUT2D eigenvalue weighted by molar-refractivity contribution is 9.11. The van der Waals surface area contributed by atoms with E-state index in [1.165, 1.54) is 0 Å². The van der Waals surface area contributed by atoms with Crippen molar-refractivity contribution in [3.05, 3.63) is 45.3 Å². The van der Waals surface area contributed by atoms with Gasteiger partial charge in [-0.1, -0.05) is 87.2 Å². The molecule has 2 aromatic rings. The third kappa shape index (κ3) is 10.2. The number of hydrogen-bond acceptors (Lipinski definition) is 2. The van der Waals surface area contributed by atoms with E-state index in [0.29, 0.717) is 0 Å². The van der Waals surface area contributed by atoms with Gasteiger partial charge in [0, 0.05) is 20.1 Å². The van der Waals surface area contributed by atoms with E-state index in [2.05, 4.69) is 31.9 Å². The van der Waals surface area contributed by atoms with Gasteiger partial charge in [-0.3, -0.25) is 0 Å². The number of ether oxygens (including phenoxy) is 2. The Bertz CT molecular complexity index is 519. The van der Waals surface area contributed by atoms with Gasteiger partial charge in [0.25, 0.3) is 0 Å². The number of hydrogen-bond donors (Lipinski definition) is 0. The van der Waals surface area contributed by atoms with E-state index >= 15 is 0 Å². The number of halogens is 2. The summed E-state index contributed by atoms with van der Waals surface area (Å²) in [6, 6.07) is 11.8. The van der Waals surface area contributed by atoms with Crippen LogP contribution in [0.5, 0.6) is 11.5 Å². The summed E-state index contributed by atoms with van der Waals surface area (Å²) in [6.45, 7) is 16.0. The lowest BCUT2D eigenvalue weighted by Crippen LogP contribution is -1.88. The van der Waals surface area contributed by atoms with Gasteiger partial charge in [0.15, 0.2) is 0 Å². The van der Waals surface area contributed by atoms with E-state index in [9.17, 15) is 0 Å². The van der Waals surface area contributed by atoms with E-state index in [0.717, 1.165) is 31.6 Å². The minimum atomic E-state index is 0.822. The molecule has 0 amide bonds. The highest BCUT2D eigenvalue weighted by Gasteiger charge is 2.10. The Morgan fingerprint density at radius 2 is 0.808 bits per heavy atom. The molecule has 0 aliphatic carbocycles. The SMILES string of the molecule is CC.CC.CC.CC.COc1ccc(Br)c(-c2cc(OC)ccc2Br)c1. The van der Waals surface area contributed by atoms with Crippen LogP contribution >= 0.6 is 31.9 Å². The molecule has 0 aliphatic rings. The third-order valence-electron chi connectivity index (χ3n) is 2.64. The van der Waals surface area contributed by atoms with Gasteiger partial charge in [-0.2, -0.15) is 0 Å². The maximum absolute atomic E-state index is 5.26. The van der Waals surface area contributed by atoms with Crippen LogP contribution in [0.4, 0.5) is 0 Å². The minimum absolute atomic E-state index is 0.822. The summed E-state index contributed by atoms with van der Waals surface area (Å²) in [5.41, 5.74) is 2.11. The monoisotopic (exact) mass is 490 g/mol. The average Bonchev–Trinajstić information content (AvgIpc) is 2.75. The molecule has 0 radical (unpaired) electrons. The van der Waals surface area contributed by atoms with E-state index in [1.807, 2.05) is 91.8 Å². The summed E-state index contributed by atoms with van der Waals surface area (Å²) in [6.07, 6.45) is 0. The molecule has 2 aromatic carbocycles. The zero-order chi connectivity index (χ0) is 21.1. The summed E-state index contributed by atoms with van der Waals surface area (Å²) in [7, 11) is 3.32. The first-order valence-electron chi connectivity index (χ1n) is 9.33. The van der Waals surface area contributed by atoms with Crippen molar-refractivity contribution < 1.29 is 9.47 Å². The maximum Gasteiger partial charge on any atom is 0.119 e. The van der Waals surface area contributed by atoms with E-state index < -0.39 is 0 Å². The van der Waals surface area contributed by atoms with E-state index in [1.54, 1.807) is 14.2 Å². The fourth-order valence-corrected chi connectivity index (χ4v) is 2.60. The maximum atomic E-state index is 5.26. The third-order valence-corrected chi connectivity index (χ3v) is 4.02. The second kappa shape index (κ2) is 20.3. The molecular formula is C22H36Br2O2. The normalized spacial score (nSPS) is 8.00. The summed E-state index contributed by atoms with van der Waals surface area (Å²) in [5.74, 6) is 1.64. The molecule has 150 valence electrons. The van der Waals surface area contributed by atoms with Crippen molar-refractivity contribution >= 4 is 31.9 Å². The smallest absolute Gasteiger partial charge is 0.119 e. The van der Waals surface area contributed by atoms with Crippen molar-refractivity contribution in [1.29, 1.82) is 0 Å². The molecule has 2 nitrogen and oxygen atoms in total. The van der Waals surface area contributed by atoms with Crippen LogP contribution in [-0.4, -0.2) is 14.2 Å². The zero-order valence-electron chi connectivity index (χ0n) is 18.0. The molecule has 0 atom stereocenters. The summed E-state index contributed by atoms with van der Waals surface area (Å²) >= 11 is 7.12. The van der Waals surface area contributed by atoms with Crippen LogP contribution in [0.2, 0.25) is 0 Å². The second-order valence-electron chi connectivity index (χ2n) is 3.69. The molecule has 4 heteroatoms. The van der Waals surface area contributed by atoms with Crippen molar-refractivity contribution in [1.82, 2.24) is 0 Å². The first kappa shape index (κ1) is 29.8. The second-order valence-corrected chi connectivity index (χ2v) is 5.40. The molecule has 0 saturated heterocycles. The molecule has 0 fully saturated rings. The molecule has 0 saturated carbocycles. The molecule has 0 unspecified atom stereocenters. The number of methoxy groups -OCH3 is 2. The molecule has 0 aliphatic heterocycles. The largest absolute Gasteiger partial charge is 0.497 e. The highest BCUT2D eigenvalue weighted by atomic mass is 79.9. The number of benzene rings is 2. The minimum Gasteiger partial charge on any atom is -0.497 e. The standard InChI is InChI=1S/C14H12Br2O2.4C2H6/c1-17-9-3-5-13(15)11(7-9)12-8-10(18-2)4-6-14(12)16;4*1-2/h3-8H,1-2H3;4*1-2H3. The van der Waals surface area contributed by atoms with Crippen LogP contribution in [0, 0.1) is 0 Å². The Hall–Kier alpha value is -1.00. The Morgan fingerprint density at radius 3 is 1.04 bits per heavy atom. The van der Waals surface area contributed by atoms with Gasteiger partial charge in [-0.15, -0.1) is 0 Å². The quantitative estimate of drug-likeness (QED) is 0.426. The van der Waals surface area contributed by atoms with Gasteiger partial charge in [0.1, 0.15) is 11.5 Å². The van der Waals surface area contributed by atoms with Crippen molar-refractivity contribution in [3.63, 3.8) is 0 Å². The zero-order valence-corrected chi connectivity index (χ0v) is 21.2. The van der Waals surface area contributed by atoms with Crippen LogP contribution in [0.3, 0.4) is 0 Å². The lowest BCUT2D eigenvalue weighted by atomic mass is 10.1. The van der Waals surface area contributed by atoms with Crippen LogP contribution in [-0.2, 0) is 0 Å². The molecule has 0 aromatic heterocycles. The lowest BCUT2D eigenvalue weighted by Gasteiger charge is -2.11. The number of rotatable bonds is 3. The van der Waals surface area contributed by atoms with Gasteiger partial charge >= 0.3 is 0 Å². The Balaban J connectivity index is -0.000000585. The molecular weight excluding hydrogens is 456 g/mol. The molecule has 0 spiro atoms. The lowest BCUT2D eigenvalue weighted by molar-refractivity contribution is 0.414. The molecule has 0 bridgehead atoms. The van der Waals surface area contributed by atoms with Crippen molar-refractivity contribution in [2.75, 3.05) is 14.2 Å². The fourth-order valence-electron chi connectivity index (χ4n) is 1.68. The van der Waals surface area contributed by atoms with Crippen molar-refractivity contribution in [3.8, 4) is 22.6 Å². The average molecular weight is 492 g/mol. The van der Waals surface area contributed by atoms with Gasteiger partial charge < -0.3 is 9.47 Å². The van der Waals surface area contributed by atoms with E-state index in [-0.39, 0.29) is 0 Å². The predicted molar refractivity (Wildman–Crippen MR) is 126 cm³/mol. The summed E-state index contributed by atoms with van der Waals surface area (Å²) in [4.78, 5) is 0. The molecule has 0 heterocycles. The first-order chi connectivity index (χ1) is 12.7. The Labute approximate surface area is 178 Å². The van der Waals surface area contributed by atoms with E-state index in [4.69, 9.17) is 9.47 Å². The first-order valence-corrected chi connectivity index (χ1v) is 10.9. The molecule has 2 rings (SSSR count). The topological polar surface area (TPSA) is 18.5 Å². The molecule has 0 N–H and O–H groups in total. The van der Waals surface area contributed by atoms with Gasteiger partial charge in [0.2, 0.25) is 0 Å².